The highest BCUT2D eigenvalue weighted by Crippen LogP contribution is 2.37. The number of phenolic OH excluding ortho intramolecular Hbond substituents is 1. The lowest BCUT2D eigenvalue weighted by Gasteiger charge is -2.16. The van der Waals surface area contributed by atoms with Gasteiger partial charge < -0.3 is 19.9 Å². The van der Waals surface area contributed by atoms with Crippen LogP contribution in [0, 0.1) is 0 Å². The van der Waals surface area contributed by atoms with Crippen LogP contribution in [0.2, 0.25) is 20.1 Å². The number of phenols is 1. The predicted molar refractivity (Wildman–Crippen MR) is 124 cm³/mol. The number of hydrogen-bond acceptors (Lipinski definition) is 4. The SMILES string of the molecule is CCOc1cc(CNc2cc(Cl)c(O)c(Cl)c2)c(Cl)cc1OCc1ccc(Cl)cc1. The summed E-state index contributed by atoms with van der Waals surface area (Å²) in [6, 6.07) is 14.2. The topological polar surface area (TPSA) is 50.7 Å². The van der Waals surface area contributed by atoms with Gasteiger partial charge in [-0.2, -0.15) is 0 Å². The van der Waals surface area contributed by atoms with Gasteiger partial charge in [-0.25, -0.2) is 0 Å². The zero-order valence-corrected chi connectivity index (χ0v) is 19.0. The Bertz CT molecular complexity index is 1000. The molecule has 0 heterocycles. The molecular formula is C22H19Cl4NO3. The summed E-state index contributed by atoms with van der Waals surface area (Å²) in [4.78, 5) is 0. The van der Waals surface area contributed by atoms with Gasteiger partial charge >= 0.3 is 0 Å². The van der Waals surface area contributed by atoms with Crippen LogP contribution in [0.25, 0.3) is 0 Å². The van der Waals surface area contributed by atoms with Gasteiger partial charge in [-0.05, 0) is 48.4 Å². The van der Waals surface area contributed by atoms with E-state index >= 15 is 0 Å². The number of benzene rings is 3. The van der Waals surface area contributed by atoms with Crippen molar-refractivity contribution in [2.45, 2.75) is 20.1 Å². The number of aromatic hydroxyl groups is 1. The van der Waals surface area contributed by atoms with Gasteiger partial charge in [0.15, 0.2) is 17.2 Å². The monoisotopic (exact) mass is 485 g/mol. The van der Waals surface area contributed by atoms with E-state index < -0.39 is 0 Å². The first kappa shape index (κ1) is 22.7. The summed E-state index contributed by atoms with van der Waals surface area (Å²) < 4.78 is 11.7. The predicted octanol–water partition coefficient (Wildman–Crippen LogP) is 7.60. The van der Waals surface area contributed by atoms with Crippen LogP contribution in [0.3, 0.4) is 0 Å². The number of halogens is 4. The molecule has 0 atom stereocenters. The molecular weight excluding hydrogens is 468 g/mol. The van der Waals surface area contributed by atoms with E-state index in [2.05, 4.69) is 5.32 Å². The average molecular weight is 487 g/mol. The Balaban J connectivity index is 1.75. The lowest BCUT2D eigenvalue weighted by atomic mass is 10.2. The quantitative estimate of drug-likeness (QED) is 0.322. The van der Waals surface area contributed by atoms with Crippen LogP contribution in [0.15, 0.2) is 48.5 Å². The maximum Gasteiger partial charge on any atom is 0.163 e. The molecule has 8 heteroatoms. The van der Waals surface area contributed by atoms with Gasteiger partial charge in [0.05, 0.1) is 16.7 Å². The van der Waals surface area contributed by atoms with Gasteiger partial charge in [0.1, 0.15) is 6.61 Å². The maximum absolute atomic E-state index is 9.68. The zero-order chi connectivity index (χ0) is 21.7. The van der Waals surface area contributed by atoms with Crippen LogP contribution in [0.5, 0.6) is 17.2 Å². The third kappa shape index (κ3) is 5.79. The fourth-order valence-electron chi connectivity index (χ4n) is 2.70. The van der Waals surface area contributed by atoms with Crippen LogP contribution in [-0.2, 0) is 13.2 Å². The summed E-state index contributed by atoms with van der Waals surface area (Å²) in [5.41, 5.74) is 2.43. The Kier molecular flexibility index (Phi) is 7.84. The Hall–Kier alpha value is -1.98. The third-order valence-electron chi connectivity index (χ3n) is 4.22. The van der Waals surface area contributed by atoms with Crippen LogP contribution in [0.4, 0.5) is 5.69 Å². The fourth-order valence-corrected chi connectivity index (χ4v) is 3.53. The molecule has 0 aliphatic heterocycles. The highest BCUT2D eigenvalue weighted by Gasteiger charge is 2.13. The first-order valence-electron chi connectivity index (χ1n) is 9.11. The number of ether oxygens (including phenoxy) is 2. The smallest absolute Gasteiger partial charge is 0.163 e. The Morgan fingerprint density at radius 1 is 0.833 bits per heavy atom. The second-order valence-electron chi connectivity index (χ2n) is 6.38. The zero-order valence-electron chi connectivity index (χ0n) is 16.0. The van der Waals surface area contributed by atoms with E-state index in [4.69, 9.17) is 55.9 Å². The molecule has 0 aromatic heterocycles. The van der Waals surface area contributed by atoms with Crippen LogP contribution in [-0.4, -0.2) is 11.7 Å². The molecule has 0 unspecified atom stereocenters. The average Bonchev–Trinajstić information content (AvgIpc) is 2.72. The molecule has 0 saturated carbocycles. The van der Waals surface area contributed by atoms with Crippen molar-refractivity contribution in [2.24, 2.45) is 0 Å². The van der Waals surface area contributed by atoms with Crippen molar-refractivity contribution in [2.75, 3.05) is 11.9 Å². The van der Waals surface area contributed by atoms with Crippen molar-refractivity contribution in [1.82, 2.24) is 0 Å². The second kappa shape index (κ2) is 10.4. The molecule has 0 fully saturated rings. The van der Waals surface area contributed by atoms with E-state index in [-0.39, 0.29) is 15.8 Å². The van der Waals surface area contributed by atoms with E-state index in [1.165, 1.54) is 0 Å². The molecule has 0 radical (unpaired) electrons. The number of anilines is 1. The summed E-state index contributed by atoms with van der Waals surface area (Å²) in [5, 5.41) is 14.4. The molecule has 0 saturated heterocycles. The highest BCUT2D eigenvalue weighted by atomic mass is 35.5. The second-order valence-corrected chi connectivity index (χ2v) is 8.04. The molecule has 30 heavy (non-hydrogen) atoms. The highest BCUT2D eigenvalue weighted by molar-refractivity contribution is 6.37. The molecule has 0 aliphatic rings. The summed E-state index contributed by atoms with van der Waals surface area (Å²) >= 11 is 24.3. The summed E-state index contributed by atoms with van der Waals surface area (Å²) in [7, 11) is 0. The van der Waals surface area contributed by atoms with Crippen LogP contribution < -0.4 is 14.8 Å². The maximum atomic E-state index is 9.68. The minimum absolute atomic E-state index is 0.150. The van der Waals surface area contributed by atoms with Crippen molar-refractivity contribution < 1.29 is 14.6 Å². The molecule has 3 aromatic rings. The number of nitrogens with one attached hydrogen (secondary N) is 1. The van der Waals surface area contributed by atoms with Crippen LogP contribution in [0.1, 0.15) is 18.1 Å². The lowest BCUT2D eigenvalue weighted by molar-refractivity contribution is 0.269. The molecule has 3 aromatic carbocycles. The van der Waals surface area contributed by atoms with E-state index in [0.29, 0.717) is 47.0 Å². The van der Waals surface area contributed by atoms with Crippen molar-refractivity contribution in [3.05, 3.63) is 79.7 Å². The van der Waals surface area contributed by atoms with Crippen molar-refractivity contribution >= 4 is 52.1 Å². The van der Waals surface area contributed by atoms with E-state index in [0.717, 1.165) is 11.1 Å². The van der Waals surface area contributed by atoms with Crippen LogP contribution >= 0.6 is 46.4 Å². The van der Waals surface area contributed by atoms with Crippen molar-refractivity contribution in [3.63, 3.8) is 0 Å². The van der Waals surface area contributed by atoms with Gasteiger partial charge in [0.2, 0.25) is 0 Å². The molecule has 0 bridgehead atoms. The molecule has 0 amide bonds. The van der Waals surface area contributed by atoms with E-state index in [1.54, 1.807) is 18.2 Å². The summed E-state index contributed by atoms with van der Waals surface area (Å²) in [5.74, 6) is 0.994. The fraction of sp³-hybridized carbons (Fsp3) is 0.182. The Morgan fingerprint density at radius 3 is 2.10 bits per heavy atom. The Labute approximate surface area is 195 Å². The van der Waals surface area contributed by atoms with E-state index in [9.17, 15) is 5.11 Å². The molecule has 0 spiro atoms. The first-order chi connectivity index (χ1) is 14.4. The van der Waals surface area contributed by atoms with Gasteiger partial charge in [0, 0.05) is 28.3 Å². The normalized spacial score (nSPS) is 10.7. The minimum atomic E-state index is -0.150. The molecule has 4 nitrogen and oxygen atoms in total. The molecule has 0 aliphatic carbocycles. The molecule has 3 rings (SSSR count). The standard InChI is InChI=1S/C22H19Cl4NO3/c1-2-29-20-7-14(11-27-16-8-18(25)22(28)19(26)9-16)17(24)10-21(20)30-12-13-3-5-15(23)6-4-13/h3-10,27-28H,2,11-12H2,1H3. The van der Waals surface area contributed by atoms with Crippen molar-refractivity contribution in [3.8, 4) is 17.2 Å². The van der Waals surface area contributed by atoms with Gasteiger partial charge in [-0.15, -0.1) is 0 Å². The van der Waals surface area contributed by atoms with E-state index in [1.807, 2.05) is 37.3 Å². The lowest BCUT2D eigenvalue weighted by Crippen LogP contribution is -2.04. The number of rotatable bonds is 8. The third-order valence-corrected chi connectivity index (χ3v) is 5.40. The van der Waals surface area contributed by atoms with Gasteiger partial charge in [-0.3, -0.25) is 0 Å². The molecule has 158 valence electrons. The van der Waals surface area contributed by atoms with Crippen molar-refractivity contribution in [1.29, 1.82) is 0 Å². The minimum Gasteiger partial charge on any atom is -0.505 e. The summed E-state index contributed by atoms with van der Waals surface area (Å²) in [6.07, 6.45) is 0. The van der Waals surface area contributed by atoms with Gasteiger partial charge in [0.25, 0.3) is 0 Å². The molecule has 2 N–H and O–H groups in total. The Morgan fingerprint density at radius 2 is 1.47 bits per heavy atom. The largest absolute Gasteiger partial charge is 0.505 e. The van der Waals surface area contributed by atoms with Gasteiger partial charge in [-0.1, -0.05) is 58.5 Å². The summed E-state index contributed by atoms with van der Waals surface area (Å²) in [6.45, 7) is 3.13. The first-order valence-corrected chi connectivity index (χ1v) is 10.6. The number of hydrogen-bond donors (Lipinski definition) is 2.